The highest BCUT2D eigenvalue weighted by Gasteiger charge is 2.30. The summed E-state index contributed by atoms with van der Waals surface area (Å²) in [6, 6.07) is 7.81. The molecule has 1 amide bonds. The Morgan fingerprint density at radius 2 is 2.17 bits per heavy atom. The third-order valence-electron chi connectivity index (χ3n) is 5.32. The molecular formula is C21H22BrN3O2S2. The molecule has 1 aliphatic rings. The summed E-state index contributed by atoms with van der Waals surface area (Å²) in [4.78, 5) is 34.0. The summed E-state index contributed by atoms with van der Waals surface area (Å²) >= 11 is 6.55. The van der Waals surface area contributed by atoms with Gasteiger partial charge >= 0.3 is 0 Å². The van der Waals surface area contributed by atoms with Crippen molar-refractivity contribution >= 4 is 55.8 Å². The fraction of sp³-hybridized carbons (Fsp3) is 0.381. The van der Waals surface area contributed by atoms with Crippen molar-refractivity contribution in [3.8, 4) is 0 Å². The summed E-state index contributed by atoms with van der Waals surface area (Å²) in [5, 5.41) is 3.30. The highest BCUT2D eigenvalue weighted by molar-refractivity contribution is 9.10. The molecule has 8 heteroatoms. The van der Waals surface area contributed by atoms with E-state index in [1.54, 1.807) is 22.0 Å². The molecule has 3 aromatic rings. The van der Waals surface area contributed by atoms with Crippen molar-refractivity contribution in [1.29, 1.82) is 0 Å². The van der Waals surface area contributed by atoms with Gasteiger partial charge in [0.1, 0.15) is 0 Å². The van der Waals surface area contributed by atoms with Crippen molar-refractivity contribution in [1.82, 2.24) is 14.5 Å². The Hall–Kier alpha value is -1.64. The number of aromatic nitrogens is 2. The number of carbonyl (C=O) groups excluding carboxylic acids is 1. The van der Waals surface area contributed by atoms with Crippen LogP contribution in [0.4, 0.5) is 0 Å². The minimum Gasteiger partial charge on any atom is -0.335 e. The first-order valence-electron chi connectivity index (χ1n) is 9.72. The minimum absolute atomic E-state index is 0.0685. The first-order valence-corrected chi connectivity index (χ1v) is 12.4. The number of rotatable bonds is 5. The first-order chi connectivity index (χ1) is 14.0. The quantitative estimate of drug-likeness (QED) is 0.377. The average molecular weight is 492 g/mol. The lowest BCUT2D eigenvalue weighted by atomic mass is 9.98. The lowest BCUT2D eigenvalue weighted by molar-refractivity contribution is -0.131. The molecule has 152 valence electrons. The number of carbonyl (C=O) groups is 1. The summed E-state index contributed by atoms with van der Waals surface area (Å²) in [6.07, 6.45) is 1.82. The van der Waals surface area contributed by atoms with Gasteiger partial charge in [-0.1, -0.05) is 34.6 Å². The Labute approximate surface area is 186 Å². The Morgan fingerprint density at radius 1 is 1.34 bits per heavy atom. The van der Waals surface area contributed by atoms with Gasteiger partial charge in [-0.25, -0.2) is 4.98 Å². The summed E-state index contributed by atoms with van der Waals surface area (Å²) in [5.41, 5.74) is 1.88. The average Bonchev–Trinajstić information content (AvgIpc) is 3.20. The van der Waals surface area contributed by atoms with E-state index in [9.17, 15) is 9.59 Å². The van der Waals surface area contributed by atoms with Crippen molar-refractivity contribution in [2.75, 3.05) is 12.3 Å². The predicted octanol–water partition coefficient (Wildman–Crippen LogP) is 4.87. The Morgan fingerprint density at radius 3 is 2.93 bits per heavy atom. The predicted molar refractivity (Wildman–Crippen MR) is 123 cm³/mol. The second-order valence-electron chi connectivity index (χ2n) is 6.95. The SMILES string of the molecule is CCC1c2ccsc2CCN1C(=O)CSc1nc2ccc(Br)cc2c(=O)n1CC. The Kier molecular flexibility index (Phi) is 6.13. The smallest absolute Gasteiger partial charge is 0.262 e. The normalized spacial score (nSPS) is 16.2. The number of amides is 1. The Bertz CT molecular complexity index is 1120. The summed E-state index contributed by atoms with van der Waals surface area (Å²) < 4.78 is 2.50. The van der Waals surface area contributed by atoms with Gasteiger partial charge in [-0.2, -0.15) is 0 Å². The van der Waals surface area contributed by atoms with Crippen LogP contribution >= 0.6 is 39.0 Å². The molecule has 3 heterocycles. The van der Waals surface area contributed by atoms with E-state index in [0.717, 1.165) is 23.9 Å². The van der Waals surface area contributed by atoms with Crippen LogP contribution in [0, 0.1) is 0 Å². The van der Waals surface area contributed by atoms with Crippen molar-refractivity contribution in [3.63, 3.8) is 0 Å². The maximum atomic E-state index is 13.1. The molecule has 0 saturated carbocycles. The molecule has 0 aliphatic carbocycles. The minimum atomic E-state index is -0.0685. The number of hydrogen-bond acceptors (Lipinski definition) is 5. The molecular weight excluding hydrogens is 470 g/mol. The highest BCUT2D eigenvalue weighted by atomic mass is 79.9. The molecule has 1 unspecified atom stereocenters. The number of halogens is 1. The number of thioether (sulfide) groups is 1. The number of thiophene rings is 1. The van der Waals surface area contributed by atoms with Crippen LogP contribution in [0.2, 0.25) is 0 Å². The van der Waals surface area contributed by atoms with Gasteiger partial charge in [0, 0.05) is 22.4 Å². The highest BCUT2D eigenvalue weighted by Crippen LogP contribution is 2.35. The van der Waals surface area contributed by atoms with Gasteiger partial charge in [0.05, 0.1) is 22.7 Å². The van der Waals surface area contributed by atoms with Gasteiger partial charge in [-0.15, -0.1) is 11.3 Å². The van der Waals surface area contributed by atoms with Crippen LogP contribution in [0.5, 0.6) is 0 Å². The van der Waals surface area contributed by atoms with E-state index in [4.69, 9.17) is 0 Å². The molecule has 5 nitrogen and oxygen atoms in total. The van der Waals surface area contributed by atoms with Crippen molar-refractivity contribution in [2.45, 2.75) is 44.4 Å². The molecule has 29 heavy (non-hydrogen) atoms. The molecule has 0 fully saturated rings. The van der Waals surface area contributed by atoms with Crippen molar-refractivity contribution < 1.29 is 4.79 Å². The van der Waals surface area contributed by atoms with Gasteiger partial charge in [-0.05, 0) is 55.0 Å². The van der Waals surface area contributed by atoms with Gasteiger partial charge < -0.3 is 4.90 Å². The van der Waals surface area contributed by atoms with Crippen molar-refractivity contribution in [3.05, 3.63) is 54.9 Å². The van der Waals surface area contributed by atoms with Crippen LogP contribution in [-0.2, 0) is 17.8 Å². The lowest BCUT2D eigenvalue weighted by Crippen LogP contribution is -2.40. The van der Waals surface area contributed by atoms with Crippen molar-refractivity contribution in [2.24, 2.45) is 0 Å². The van der Waals surface area contributed by atoms with E-state index in [0.29, 0.717) is 22.6 Å². The summed E-state index contributed by atoms with van der Waals surface area (Å²) in [7, 11) is 0. The maximum Gasteiger partial charge on any atom is 0.262 e. The molecule has 1 atom stereocenters. The fourth-order valence-electron chi connectivity index (χ4n) is 3.91. The standard InChI is InChI=1S/C21H22BrN3O2S2/c1-3-17-14-8-10-28-18(14)7-9-25(17)19(26)12-29-21-23-16-6-5-13(22)11-15(16)20(27)24(21)4-2/h5-6,8,10-11,17H,3-4,7,9,12H2,1-2H3. The van der Waals surface area contributed by atoms with Crippen LogP contribution < -0.4 is 5.56 Å². The van der Waals surface area contributed by atoms with E-state index < -0.39 is 0 Å². The number of hydrogen-bond donors (Lipinski definition) is 0. The van der Waals surface area contributed by atoms with E-state index in [-0.39, 0.29) is 23.3 Å². The molecule has 0 bridgehead atoms. The maximum absolute atomic E-state index is 13.1. The van der Waals surface area contributed by atoms with Crippen LogP contribution in [0.25, 0.3) is 10.9 Å². The first kappa shape index (κ1) is 20.6. The molecule has 4 rings (SSSR count). The topological polar surface area (TPSA) is 55.2 Å². The van der Waals surface area contributed by atoms with Crippen LogP contribution in [-0.4, -0.2) is 32.7 Å². The summed E-state index contributed by atoms with van der Waals surface area (Å²) in [5.74, 6) is 0.385. The van der Waals surface area contributed by atoms with Crippen LogP contribution in [0.3, 0.4) is 0 Å². The second kappa shape index (κ2) is 8.62. The zero-order valence-corrected chi connectivity index (χ0v) is 19.6. The molecule has 0 spiro atoms. The fourth-order valence-corrected chi connectivity index (χ4v) is 6.14. The zero-order valence-electron chi connectivity index (χ0n) is 16.4. The molecule has 0 radical (unpaired) electrons. The van der Waals surface area contributed by atoms with E-state index in [1.165, 1.54) is 22.2 Å². The molecule has 0 saturated heterocycles. The lowest BCUT2D eigenvalue weighted by Gasteiger charge is -2.35. The van der Waals surface area contributed by atoms with E-state index in [2.05, 4.69) is 39.3 Å². The number of fused-ring (bicyclic) bond motifs is 2. The number of nitrogens with zero attached hydrogens (tertiary/aromatic N) is 3. The van der Waals surface area contributed by atoms with Crippen LogP contribution in [0.1, 0.15) is 36.8 Å². The zero-order chi connectivity index (χ0) is 20.5. The van der Waals surface area contributed by atoms with Gasteiger partial charge in [0.2, 0.25) is 5.91 Å². The van der Waals surface area contributed by atoms with Crippen LogP contribution in [0.15, 0.2) is 44.1 Å². The van der Waals surface area contributed by atoms with Gasteiger partial charge in [0.15, 0.2) is 5.16 Å². The molecule has 2 aromatic heterocycles. The third kappa shape index (κ3) is 3.90. The van der Waals surface area contributed by atoms with Gasteiger partial charge in [0.25, 0.3) is 5.56 Å². The van der Waals surface area contributed by atoms with E-state index >= 15 is 0 Å². The largest absolute Gasteiger partial charge is 0.335 e. The number of benzene rings is 1. The molecule has 1 aromatic carbocycles. The summed E-state index contributed by atoms with van der Waals surface area (Å²) in [6.45, 7) is 5.33. The Balaban J connectivity index is 1.57. The molecule has 0 N–H and O–H groups in total. The van der Waals surface area contributed by atoms with Gasteiger partial charge in [-0.3, -0.25) is 14.2 Å². The second-order valence-corrected chi connectivity index (χ2v) is 9.81. The monoisotopic (exact) mass is 491 g/mol. The van der Waals surface area contributed by atoms with E-state index in [1.807, 2.05) is 24.0 Å². The third-order valence-corrected chi connectivity index (χ3v) is 7.77. The molecule has 1 aliphatic heterocycles.